The molecule has 4 rings (SSSR count). The smallest absolute Gasteiger partial charge is 0.160 e. The second kappa shape index (κ2) is 6.14. The summed E-state index contributed by atoms with van der Waals surface area (Å²) in [6.07, 6.45) is 4.27. The van der Waals surface area contributed by atoms with Crippen molar-refractivity contribution in [3.8, 4) is 11.5 Å². The summed E-state index contributed by atoms with van der Waals surface area (Å²) in [5.74, 6) is 0.584. The molecule has 0 saturated carbocycles. The highest BCUT2D eigenvalue weighted by molar-refractivity contribution is 5.52. The van der Waals surface area contributed by atoms with E-state index >= 15 is 0 Å². The van der Waals surface area contributed by atoms with Crippen LogP contribution in [0.4, 0.5) is 0 Å². The van der Waals surface area contributed by atoms with Crippen LogP contribution in [0.3, 0.4) is 0 Å². The summed E-state index contributed by atoms with van der Waals surface area (Å²) >= 11 is 0. The van der Waals surface area contributed by atoms with Crippen LogP contribution in [0.1, 0.15) is 47.4 Å². The minimum Gasteiger partial charge on any atom is -0.504 e. The highest BCUT2D eigenvalue weighted by Gasteiger charge is 2.37. The van der Waals surface area contributed by atoms with E-state index in [4.69, 9.17) is 0 Å². The number of likely N-dealkylation sites (tertiary alicyclic amines) is 1. The van der Waals surface area contributed by atoms with E-state index in [0.717, 1.165) is 31.5 Å². The number of nitrogens with zero attached hydrogens (tertiary/aromatic N) is 1. The van der Waals surface area contributed by atoms with Crippen molar-refractivity contribution in [2.75, 3.05) is 6.54 Å². The van der Waals surface area contributed by atoms with Gasteiger partial charge in [0.15, 0.2) is 11.5 Å². The van der Waals surface area contributed by atoms with Gasteiger partial charge in [0.25, 0.3) is 0 Å². The lowest BCUT2D eigenvalue weighted by atomic mass is 9.74. The fourth-order valence-electron chi connectivity index (χ4n) is 4.66. The zero-order chi connectivity index (χ0) is 16.7. The minimum absolute atomic E-state index is 0.0135. The minimum atomic E-state index is 0.0135. The van der Waals surface area contributed by atoms with Gasteiger partial charge in [-0.25, -0.2) is 0 Å². The molecule has 1 fully saturated rings. The van der Waals surface area contributed by atoms with Crippen LogP contribution in [0.5, 0.6) is 11.5 Å². The summed E-state index contributed by atoms with van der Waals surface area (Å²) < 4.78 is 0. The Hall–Kier alpha value is -2.00. The number of aromatic hydroxyl groups is 2. The molecule has 0 aromatic heterocycles. The van der Waals surface area contributed by atoms with Gasteiger partial charge in [-0.2, -0.15) is 0 Å². The van der Waals surface area contributed by atoms with Gasteiger partial charge in [-0.15, -0.1) is 0 Å². The van der Waals surface area contributed by atoms with Gasteiger partial charge in [0, 0.05) is 18.2 Å². The number of aryl methyl sites for hydroxylation is 1. The number of phenolic OH excluding ortho intramolecular Hbond substituents is 2. The van der Waals surface area contributed by atoms with Crippen LogP contribution in [-0.2, 0) is 13.0 Å². The predicted octanol–water partition coefficient (Wildman–Crippen LogP) is 4.10. The van der Waals surface area contributed by atoms with Crippen molar-refractivity contribution in [1.29, 1.82) is 0 Å². The molecule has 0 bridgehead atoms. The summed E-state index contributed by atoms with van der Waals surface area (Å²) in [7, 11) is 0. The highest BCUT2D eigenvalue weighted by Crippen LogP contribution is 2.45. The van der Waals surface area contributed by atoms with Crippen molar-refractivity contribution in [3.63, 3.8) is 0 Å². The monoisotopic (exact) mass is 323 g/mol. The quantitative estimate of drug-likeness (QED) is 0.818. The van der Waals surface area contributed by atoms with Gasteiger partial charge < -0.3 is 10.2 Å². The van der Waals surface area contributed by atoms with Crippen LogP contribution in [-0.4, -0.2) is 27.7 Å². The number of hydrogen-bond donors (Lipinski definition) is 2. The maximum absolute atomic E-state index is 10.2. The van der Waals surface area contributed by atoms with Crippen molar-refractivity contribution in [2.24, 2.45) is 0 Å². The number of fused-ring (bicyclic) bond motifs is 3. The third-order valence-electron chi connectivity index (χ3n) is 5.75. The SMILES string of the molecule is Cc1cccc(CN2CCC[C@@H]3c4ccc(O)c(O)c4CC[C@H]32)c1. The maximum Gasteiger partial charge on any atom is 0.160 e. The Labute approximate surface area is 143 Å². The molecule has 2 N–H and O–H groups in total. The normalized spacial score (nSPS) is 23.5. The molecule has 2 aromatic rings. The molecule has 1 heterocycles. The van der Waals surface area contributed by atoms with Gasteiger partial charge in [-0.3, -0.25) is 4.90 Å². The van der Waals surface area contributed by atoms with Crippen molar-refractivity contribution < 1.29 is 10.2 Å². The Kier molecular flexibility index (Phi) is 3.97. The molecular formula is C21H25NO2. The van der Waals surface area contributed by atoms with Gasteiger partial charge in [-0.1, -0.05) is 35.9 Å². The fraction of sp³-hybridized carbons (Fsp3) is 0.429. The van der Waals surface area contributed by atoms with Crippen molar-refractivity contribution in [3.05, 3.63) is 58.7 Å². The van der Waals surface area contributed by atoms with E-state index in [1.54, 1.807) is 6.07 Å². The van der Waals surface area contributed by atoms with Crippen molar-refractivity contribution in [1.82, 2.24) is 4.90 Å². The Balaban J connectivity index is 1.61. The van der Waals surface area contributed by atoms with Crippen LogP contribution in [0, 0.1) is 6.92 Å². The van der Waals surface area contributed by atoms with Gasteiger partial charge in [0.05, 0.1) is 0 Å². The summed E-state index contributed by atoms with van der Waals surface area (Å²) in [5.41, 5.74) is 4.91. The molecule has 2 atom stereocenters. The fourth-order valence-corrected chi connectivity index (χ4v) is 4.66. The van der Waals surface area contributed by atoms with E-state index in [0.29, 0.717) is 12.0 Å². The summed E-state index contributed by atoms with van der Waals surface area (Å²) in [6.45, 7) is 4.30. The first-order valence-electron chi connectivity index (χ1n) is 8.97. The molecule has 2 aliphatic rings. The molecule has 0 radical (unpaired) electrons. The van der Waals surface area contributed by atoms with E-state index in [2.05, 4.69) is 36.1 Å². The van der Waals surface area contributed by atoms with Crippen LogP contribution >= 0.6 is 0 Å². The van der Waals surface area contributed by atoms with Crippen molar-refractivity contribution in [2.45, 2.75) is 51.1 Å². The summed E-state index contributed by atoms with van der Waals surface area (Å²) in [6, 6.07) is 13.0. The van der Waals surface area contributed by atoms with E-state index in [1.807, 2.05) is 6.07 Å². The number of rotatable bonds is 2. The number of hydrogen-bond acceptors (Lipinski definition) is 3. The molecular weight excluding hydrogens is 298 g/mol. The van der Waals surface area contributed by atoms with E-state index in [1.165, 1.54) is 29.5 Å². The maximum atomic E-state index is 10.2. The van der Waals surface area contributed by atoms with E-state index in [-0.39, 0.29) is 11.5 Å². The average molecular weight is 323 g/mol. The van der Waals surface area contributed by atoms with Crippen LogP contribution in [0.25, 0.3) is 0 Å². The van der Waals surface area contributed by atoms with Gasteiger partial charge in [0.1, 0.15) is 0 Å². The lowest BCUT2D eigenvalue weighted by molar-refractivity contribution is 0.104. The van der Waals surface area contributed by atoms with Crippen LogP contribution in [0.15, 0.2) is 36.4 Å². The van der Waals surface area contributed by atoms with Crippen LogP contribution < -0.4 is 0 Å². The number of benzene rings is 2. The second-order valence-electron chi connectivity index (χ2n) is 7.32. The predicted molar refractivity (Wildman–Crippen MR) is 95.4 cm³/mol. The molecule has 3 nitrogen and oxygen atoms in total. The van der Waals surface area contributed by atoms with E-state index < -0.39 is 0 Å². The van der Waals surface area contributed by atoms with Gasteiger partial charge >= 0.3 is 0 Å². The Bertz CT molecular complexity index is 755. The molecule has 0 spiro atoms. The molecule has 0 amide bonds. The second-order valence-corrected chi connectivity index (χ2v) is 7.32. The number of phenols is 2. The molecule has 2 aromatic carbocycles. The molecule has 24 heavy (non-hydrogen) atoms. The first kappa shape index (κ1) is 15.5. The summed E-state index contributed by atoms with van der Waals surface area (Å²) in [5, 5.41) is 20.0. The topological polar surface area (TPSA) is 43.7 Å². The Morgan fingerprint density at radius 2 is 2.00 bits per heavy atom. The Morgan fingerprint density at radius 1 is 1.12 bits per heavy atom. The first-order valence-corrected chi connectivity index (χ1v) is 8.97. The van der Waals surface area contributed by atoms with Gasteiger partial charge in [0.2, 0.25) is 0 Å². The lowest BCUT2D eigenvalue weighted by Gasteiger charge is -2.45. The zero-order valence-electron chi connectivity index (χ0n) is 14.2. The summed E-state index contributed by atoms with van der Waals surface area (Å²) in [4.78, 5) is 2.62. The molecule has 1 aliphatic carbocycles. The highest BCUT2D eigenvalue weighted by atomic mass is 16.3. The average Bonchev–Trinajstić information content (AvgIpc) is 2.58. The largest absolute Gasteiger partial charge is 0.504 e. The zero-order valence-corrected chi connectivity index (χ0v) is 14.2. The lowest BCUT2D eigenvalue weighted by Crippen LogP contribution is -2.45. The van der Waals surface area contributed by atoms with E-state index in [9.17, 15) is 10.2 Å². The number of piperidine rings is 1. The molecule has 1 saturated heterocycles. The standard InChI is InChI=1S/C21H25NO2/c1-14-4-2-5-15(12-14)13-22-11-3-6-17-16-8-10-20(23)21(24)18(16)7-9-19(17)22/h2,4-5,8,10,12,17,19,23-24H,3,6-7,9,11,13H2,1H3/t17-,19-/m1/s1. The third-order valence-corrected chi connectivity index (χ3v) is 5.75. The van der Waals surface area contributed by atoms with Crippen molar-refractivity contribution >= 4 is 0 Å². The Morgan fingerprint density at radius 3 is 2.83 bits per heavy atom. The van der Waals surface area contributed by atoms with Gasteiger partial charge in [-0.05, 0) is 62.3 Å². The first-order chi connectivity index (χ1) is 11.6. The molecule has 0 unspecified atom stereocenters. The molecule has 1 aliphatic heterocycles. The third kappa shape index (κ3) is 2.67. The molecule has 126 valence electrons. The molecule has 3 heteroatoms. The van der Waals surface area contributed by atoms with Crippen LogP contribution in [0.2, 0.25) is 0 Å².